The van der Waals surface area contributed by atoms with Crippen LogP contribution in [0.15, 0.2) is 23.0 Å². The van der Waals surface area contributed by atoms with Crippen molar-refractivity contribution in [2.24, 2.45) is 14.1 Å². The van der Waals surface area contributed by atoms with Crippen molar-refractivity contribution in [3.05, 3.63) is 34.2 Å². The van der Waals surface area contributed by atoms with Crippen molar-refractivity contribution in [1.29, 1.82) is 0 Å². The van der Waals surface area contributed by atoms with Crippen LogP contribution in [0.3, 0.4) is 0 Å². The van der Waals surface area contributed by atoms with E-state index in [2.05, 4.69) is 0 Å². The third-order valence-corrected chi connectivity index (χ3v) is 2.49. The molecule has 0 fully saturated rings. The lowest BCUT2D eigenvalue weighted by atomic mass is 10.2. The normalized spacial score (nSPS) is 9.12. The van der Waals surface area contributed by atoms with E-state index in [0.29, 0.717) is 0 Å². The van der Waals surface area contributed by atoms with Gasteiger partial charge in [-0.3, -0.25) is 9.13 Å². The lowest BCUT2D eigenvalue weighted by molar-refractivity contribution is 0.794. The van der Waals surface area contributed by atoms with Crippen molar-refractivity contribution in [1.82, 2.24) is 9.13 Å². The van der Waals surface area contributed by atoms with Gasteiger partial charge < -0.3 is 0 Å². The summed E-state index contributed by atoms with van der Waals surface area (Å²) >= 11 is 0. The molecule has 0 aliphatic rings. The molecule has 0 spiro atoms. The number of imidazole rings is 1. The second-order valence-electron chi connectivity index (χ2n) is 3.34. The molecule has 96 valence electrons. The summed E-state index contributed by atoms with van der Waals surface area (Å²) < 4.78 is 3.35. The number of para-hydroxylation sites is 1. The number of aromatic nitrogens is 2. The number of hydrogen-bond acceptors (Lipinski definition) is 1. The molecule has 0 saturated heterocycles. The predicted octanol–water partition coefficient (Wildman–Crippen LogP) is 3.24. The van der Waals surface area contributed by atoms with Crippen LogP contribution in [-0.2, 0) is 14.1 Å². The van der Waals surface area contributed by atoms with Crippen LogP contribution in [0.4, 0.5) is 0 Å². The van der Waals surface area contributed by atoms with Crippen LogP contribution in [0.25, 0.3) is 11.0 Å². The van der Waals surface area contributed by atoms with E-state index in [0.717, 1.165) is 16.6 Å². The second-order valence-corrected chi connectivity index (χ2v) is 3.34. The summed E-state index contributed by atoms with van der Waals surface area (Å²) in [6.07, 6.45) is 0. The number of aryl methyl sites for hydroxylation is 3. The van der Waals surface area contributed by atoms with Gasteiger partial charge in [0, 0.05) is 14.1 Å². The van der Waals surface area contributed by atoms with Crippen LogP contribution in [0.5, 0.6) is 0 Å². The fraction of sp³-hybridized carbons (Fsp3) is 0.500. The Balaban J connectivity index is 0.000000581. The molecule has 0 N–H and O–H groups in total. The van der Waals surface area contributed by atoms with Crippen LogP contribution >= 0.6 is 0 Å². The maximum atomic E-state index is 11.6. The van der Waals surface area contributed by atoms with Crippen molar-refractivity contribution < 1.29 is 0 Å². The highest BCUT2D eigenvalue weighted by molar-refractivity contribution is 5.79. The van der Waals surface area contributed by atoms with E-state index in [-0.39, 0.29) is 5.69 Å². The topological polar surface area (TPSA) is 26.9 Å². The van der Waals surface area contributed by atoms with E-state index in [9.17, 15) is 4.79 Å². The second kappa shape index (κ2) is 6.94. The summed E-state index contributed by atoms with van der Waals surface area (Å²) in [4.78, 5) is 11.6. The molecule has 0 radical (unpaired) electrons. The van der Waals surface area contributed by atoms with Crippen molar-refractivity contribution >= 4 is 11.0 Å². The highest BCUT2D eigenvalue weighted by Gasteiger charge is 2.07. The highest BCUT2D eigenvalue weighted by Crippen LogP contribution is 2.14. The van der Waals surface area contributed by atoms with Crippen LogP contribution in [-0.4, -0.2) is 9.13 Å². The van der Waals surface area contributed by atoms with Gasteiger partial charge in [-0.05, 0) is 18.6 Å². The molecule has 0 bridgehead atoms. The zero-order chi connectivity index (χ0) is 13.6. The van der Waals surface area contributed by atoms with Crippen molar-refractivity contribution in [3.63, 3.8) is 0 Å². The van der Waals surface area contributed by atoms with Gasteiger partial charge in [0.1, 0.15) is 0 Å². The molecule has 0 atom stereocenters. The lowest BCUT2D eigenvalue weighted by Crippen LogP contribution is -2.19. The number of benzene rings is 1. The lowest BCUT2D eigenvalue weighted by Gasteiger charge is -1.97. The Morgan fingerprint density at radius 3 is 1.94 bits per heavy atom. The molecule has 0 amide bonds. The summed E-state index contributed by atoms with van der Waals surface area (Å²) in [5.41, 5.74) is 3.18. The largest absolute Gasteiger partial charge is 0.328 e. The van der Waals surface area contributed by atoms with Crippen LogP contribution in [0.1, 0.15) is 33.3 Å². The van der Waals surface area contributed by atoms with Crippen LogP contribution in [0.2, 0.25) is 0 Å². The first-order chi connectivity index (χ1) is 8.13. The molecule has 2 aromatic rings. The van der Waals surface area contributed by atoms with Crippen molar-refractivity contribution in [2.45, 2.75) is 34.6 Å². The highest BCUT2D eigenvalue weighted by atomic mass is 16.1. The maximum absolute atomic E-state index is 11.6. The van der Waals surface area contributed by atoms with E-state index < -0.39 is 0 Å². The average Bonchev–Trinajstić information content (AvgIpc) is 2.61. The third kappa shape index (κ3) is 2.78. The number of fused-ring (bicyclic) bond motifs is 1. The molecular formula is C14H24N2O. The van der Waals surface area contributed by atoms with Gasteiger partial charge in [-0.1, -0.05) is 39.8 Å². The quantitative estimate of drug-likeness (QED) is 0.690. The molecule has 0 aliphatic carbocycles. The summed E-state index contributed by atoms with van der Waals surface area (Å²) in [6, 6.07) is 5.95. The Kier molecular flexibility index (Phi) is 6.33. The van der Waals surface area contributed by atoms with E-state index in [4.69, 9.17) is 0 Å². The standard InChI is InChI=1S/C10H12N2O.2C2H6/c1-7-5-4-6-8-9(7)12(3)10(13)11(8)2;2*1-2/h4-6H,1-3H3;2*1-2H3. The molecule has 3 nitrogen and oxygen atoms in total. The van der Waals surface area contributed by atoms with Gasteiger partial charge in [-0.25, -0.2) is 4.79 Å². The fourth-order valence-electron chi connectivity index (χ4n) is 1.77. The fourth-order valence-corrected chi connectivity index (χ4v) is 1.77. The Morgan fingerprint density at radius 1 is 0.941 bits per heavy atom. The molecule has 17 heavy (non-hydrogen) atoms. The smallest absolute Gasteiger partial charge is 0.295 e. The summed E-state index contributed by atoms with van der Waals surface area (Å²) in [6.45, 7) is 10.0. The zero-order valence-corrected chi connectivity index (χ0v) is 12.0. The predicted molar refractivity (Wildman–Crippen MR) is 75.6 cm³/mol. The summed E-state index contributed by atoms with van der Waals surface area (Å²) in [7, 11) is 3.60. The summed E-state index contributed by atoms with van der Waals surface area (Å²) in [5, 5.41) is 0. The van der Waals surface area contributed by atoms with Gasteiger partial charge in [-0.15, -0.1) is 0 Å². The first-order valence-corrected chi connectivity index (χ1v) is 6.24. The van der Waals surface area contributed by atoms with Gasteiger partial charge in [0.2, 0.25) is 0 Å². The van der Waals surface area contributed by atoms with Gasteiger partial charge in [0.25, 0.3) is 0 Å². The maximum Gasteiger partial charge on any atom is 0.328 e. The minimum absolute atomic E-state index is 0.0318. The van der Waals surface area contributed by atoms with Crippen molar-refractivity contribution in [3.8, 4) is 0 Å². The number of nitrogens with zero attached hydrogens (tertiary/aromatic N) is 2. The van der Waals surface area contributed by atoms with E-state index >= 15 is 0 Å². The number of hydrogen-bond donors (Lipinski definition) is 0. The SMILES string of the molecule is CC.CC.Cc1cccc2c1n(C)c(=O)n2C. The van der Waals surface area contributed by atoms with Gasteiger partial charge >= 0.3 is 5.69 Å². The Labute approximate surface area is 104 Å². The van der Waals surface area contributed by atoms with E-state index in [1.165, 1.54) is 0 Å². The molecule has 2 rings (SSSR count). The van der Waals surface area contributed by atoms with Crippen molar-refractivity contribution in [2.75, 3.05) is 0 Å². The molecule has 3 heteroatoms. The molecule has 0 unspecified atom stereocenters. The Bertz CT molecular complexity index is 521. The minimum Gasteiger partial charge on any atom is -0.295 e. The molecule has 1 heterocycles. The molecule has 1 aromatic heterocycles. The Morgan fingerprint density at radius 2 is 1.47 bits per heavy atom. The van der Waals surface area contributed by atoms with E-state index in [1.807, 2.05) is 52.8 Å². The first kappa shape index (κ1) is 15.5. The van der Waals surface area contributed by atoms with Crippen LogP contribution in [0, 0.1) is 6.92 Å². The number of rotatable bonds is 0. The first-order valence-electron chi connectivity index (χ1n) is 6.24. The van der Waals surface area contributed by atoms with E-state index in [1.54, 1.807) is 23.2 Å². The van der Waals surface area contributed by atoms with Crippen LogP contribution < -0.4 is 5.69 Å². The molecule has 0 saturated carbocycles. The average molecular weight is 236 g/mol. The molecular weight excluding hydrogens is 212 g/mol. The van der Waals surface area contributed by atoms with Gasteiger partial charge in [-0.2, -0.15) is 0 Å². The molecule has 1 aromatic carbocycles. The third-order valence-electron chi connectivity index (χ3n) is 2.49. The molecule has 0 aliphatic heterocycles. The Hall–Kier alpha value is -1.51. The van der Waals surface area contributed by atoms with Gasteiger partial charge in [0.05, 0.1) is 11.0 Å². The van der Waals surface area contributed by atoms with Gasteiger partial charge in [0.15, 0.2) is 0 Å². The summed E-state index contributed by atoms with van der Waals surface area (Å²) in [5.74, 6) is 0. The zero-order valence-electron chi connectivity index (χ0n) is 12.0. The minimum atomic E-state index is 0.0318. The monoisotopic (exact) mass is 236 g/mol.